The molecule has 2 aromatic carbocycles. The third kappa shape index (κ3) is 4.05. The van der Waals surface area contributed by atoms with Crippen molar-refractivity contribution in [3.63, 3.8) is 0 Å². The van der Waals surface area contributed by atoms with Gasteiger partial charge in [-0.2, -0.15) is 5.10 Å². The molecular weight excluding hydrogens is 394 g/mol. The van der Waals surface area contributed by atoms with Crippen LogP contribution < -0.4 is 20.1 Å². The molecule has 0 radical (unpaired) electrons. The van der Waals surface area contributed by atoms with E-state index in [9.17, 15) is 4.79 Å². The molecule has 31 heavy (non-hydrogen) atoms. The van der Waals surface area contributed by atoms with Crippen molar-refractivity contribution in [3.05, 3.63) is 65.7 Å². The van der Waals surface area contributed by atoms with Gasteiger partial charge in [0, 0.05) is 24.6 Å². The molecule has 2 heterocycles. The number of aromatic amines is 1. The van der Waals surface area contributed by atoms with Crippen LogP contribution in [0.15, 0.2) is 48.5 Å². The number of amides is 2. The summed E-state index contributed by atoms with van der Waals surface area (Å²) in [4.78, 5) is 17.2. The van der Waals surface area contributed by atoms with Gasteiger partial charge in [0.1, 0.15) is 11.9 Å². The predicted molar refractivity (Wildman–Crippen MR) is 115 cm³/mol. The number of anilines is 1. The van der Waals surface area contributed by atoms with Gasteiger partial charge in [-0.3, -0.25) is 5.10 Å². The lowest BCUT2D eigenvalue weighted by Crippen LogP contribution is -2.40. The summed E-state index contributed by atoms with van der Waals surface area (Å²) in [6.07, 6.45) is 5.19. The Morgan fingerprint density at radius 2 is 1.84 bits per heavy atom. The second kappa shape index (κ2) is 7.94. The molecule has 160 valence electrons. The van der Waals surface area contributed by atoms with E-state index in [1.807, 2.05) is 55.5 Å². The number of carbonyl (C=O) groups is 1. The first-order chi connectivity index (χ1) is 15.1. The van der Waals surface area contributed by atoms with Gasteiger partial charge < -0.3 is 20.1 Å². The number of nitrogens with zero attached hydrogens (tertiary/aromatic N) is 2. The summed E-state index contributed by atoms with van der Waals surface area (Å²) in [6, 6.07) is 14.3. The number of fused-ring (bicyclic) bond motifs is 1. The van der Waals surface area contributed by atoms with Crippen LogP contribution in [-0.4, -0.2) is 27.0 Å². The van der Waals surface area contributed by atoms with Gasteiger partial charge in [0.05, 0.1) is 0 Å². The number of hydrogen-bond donors (Lipinski definition) is 3. The van der Waals surface area contributed by atoms with Crippen molar-refractivity contribution in [2.24, 2.45) is 0 Å². The molecule has 3 aromatic rings. The fourth-order valence-electron chi connectivity index (χ4n) is 4.20. The van der Waals surface area contributed by atoms with E-state index >= 15 is 0 Å². The van der Waals surface area contributed by atoms with Gasteiger partial charge in [0.15, 0.2) is 17.3 Å². The molecule has 3 N–H and O–H groups in total. The maximum absolute atomic E-state index is 12.8. The molecule has 1 atom stereocenters. The smallest absolute Gasteiger partial charge is 0.320 e. The SMILES string of the molecule is Cc1nc(C(NC(=O)Nc2ccc3c(c2)OC2(CCCCC2)O3)c2ccccc2)n[nH]1. The highest BCUT2D eigenvalue weighted by molar-refractivity contribution is 5.90. The molecule has 1 saturated carbocycles. The molecule has 1 unspecified atom stereocenters. The number of rotatable bonds is 4. The zero-order chi connectivity index (χ0) is 21.3. The maximum atomic E-state index is 12.8. The van der Waals surface area contributed by atoms with Gasteiger partial charge in [-0.25, -0.2) is 9.78 Å². The Morgan fingerprint density at radius 3 is 2.58 bits per heavy atom. The van der Waals surface area contributed by atoms with Gasteiger partial charge in [-0.1, -0.05) is 36.8 Å². The number of carbonyl (C=O) groups excluding carboxylic acids is 1. The Bertz CT molecular complexity index is 1080. The topological polar surface area (TPSA) is 101 Å². The summed E-state index contributed by atoms with van der Waals surface area (Å²) in [5.74, 6) is 2.05. The van der Waals surface area contributed by atoms with E-state index in [0.717, 1.165) is 37.0 Å². The minimum absolute atomic E-state index is 0.359. The monoisotopic (exact) mass is 419 g/mol. The number of urea groups is 1. The normalized spacial score (nSPS) is 17.3. The highest BCUT2D eigenvalue weighted by Crippen LogP contribution is 2.46. The van der Waals surface area contributed by atoms with Crippen LogP contribution in [0.3, 0.4) is 0 Å². The van der Waals surface area contributed by atoms with Crippen LogP contribution in [0.2, 0.25) is 0 Å². The minimum Gasteiger partial charge on any atom is -0.448 e. The molecule has 5 rings (SSSR count). The van der Waals surface area contributed by atoms with Crippen LogP contribution in [0.5, 0.6) is 11.5 Å². The summed E-state index contributed by atoms with van der Waals surface area (Å²) in [5, 5.41) is 12.9. The van der Waals surface area contributed by atoms with Gasteiger partial charge in [0.25, 0.3) is 5.79 Å². The van der Waals surface area contributed by atoms with Crippen molar-refractivity contribution in [3.8, 4) is 11.5 Å². The fourth-order valence-corrected chi connectivity index (χ4v) is 4.20. The second-order valence-electron chi connectivity index (χ2n) is 8.06. The predicted octanol–water partition coefficient (Wildman–Crippen LogP) is 4.46. The number of benzene rings is 2. The number of nitrogens with one attached hydrogen (secondary N) is 3. The molecule has 2 aliphatic rings. The average Bonchev–Trinajstić information content (AvgIpc) is 3.36. The quantitative estimate of drug-likeness (QED) is 0.580. The Kier molecular flexibility index (Phi) is 4.97. The molecule has 1 aliphatic carbocycles. The first kappa shape index (κ1) is 19.4. The van der Waals surface area contributed by atoms with Crippen molar-refractivity contribution >= 4 is 11.7 Å². The van der Waals surface area contributed by atoms with Gasteiger partial charge in [0.2, 0.25) is 0 Å². The summed E-state index contributed by atoms with van der Waals surface area (Å²) in [7, 11) is 0. The number of hydrogen-bond acceptors (Lipinski definition) is 5. The van der Waals surface area contributed by atoms with E-state index in [2.05, 4.69) is 25.8 Å². The maximum Gasteiger partial charge on any atom is 0.320 e. The Hall–Kier alpha value is -3.55. The second-order valence-corrected chi connectivity index (χ2v) is 8.06. The van der Waals surface area contributed by atoms with Crippen molar-refractivity contribution in [1.82, 2.24) is 20.5 Å². The highest BCUT2D eigenvalue weighted by Gasteiger charge is 2.42. The van der Waals surface area contributed by atoms with E-state index in [4.69, 9.17) is 9.47 Å². The van der Waals surface area contributed by atoms with Gasteiger partial charge >= 0.3 is 6.03 Å². The summed E-state index contributed by atoms with van der Waals surface area (Å²) < 4.78 is 12.3. The van der Waals surface area contributed by atoms with E-state index < -0.39 is 11.8 Å². The lowest BCUT2D eigenvalue weighted by atomic mass is 9.94. The number of ether oxygens (including phenoxy) is 2. The largest absolute Gasteiger partial charge is 0.448 e. The van der Waals surface area contributed by atoms with Crippen molar-refractivity contribution < 1.29 is 14.3 Å². The van der Waals surface area contributed by atoms with Crippen LogP contribution in [0.4, 0.5) is 10.5 Å². The van der Waals surface area contributed by atoms with E-state index in [1.165, 1.54) is 6.42 Å². The summed E-state index contributed by atoms with van der Waals surface area (Å²) in [5.41, 5.74) is 1.52. The Morgan fingerprint density at radius 1 is 1.06 bits per heavy atom. The molecule has 1 aromatic heterocycles. The highest BCUT2D eigenvalue weighted by atomic mass is 16.7. The molecule has 8 heteroatoms. The standard InChI is InChI=1S/C23H25N5O3/c1-15-24-21(28-27-15)20(16-8-4-2-5-9-16)26-22(29)25-17-10-11-18-19(14-17)31-23(30-18)12-6-3-7-13-23/h2,4-5,8-11,14,20H,3,6-7,12-13H2,1H3,(H,24,27,28)(H2,25,26,29). The van der Waals surface area contributed by atoms with Crippen molar-refractivity contribution in [1.29, 1.82) is 0 Å². The molecule has 1 spiro atoms. The first-order valence-electron chi connectivity index (χ1n) is 10.6. The van der Waals surface area contributed by atoms with Crippen LogP contribution in [0.25, 0.3) is 0 Å². The molecule has 2 amide bonds. The Labute approximate surface area is 180 Å². The zero-order valence-electron chi connectivity index (χ0n) is 17.4. The number of aromatic nitrogens is 3. The fraction of sp³-hybridized carbons (Fsp3) is 0.348. The van der Waals surface area contributed by atoms with Crippen LogP contribution in [0, 0.1) is 6.92 Å². The molecule has 1 aliphatic heterocycles. The van der Waals surface area contributed by atoms with Crippen molar-refractivity contribution in [2.75, 3.05) is 5.32 Å². The lowest BCUT2D eigenvalue weighted by molar-refractivity contribution is -0.105. The summed E-state index contributed by atoms with van der Waals surface area (Å²) >= 11 is 0. The third-order valence-corrected chi connectivity index (χ3v) is 5.69. The molecule has 8 nitrogen and oxygen atoms in total. The minimum atomic E-state index is -0.538. The lowest BCUT2D eigenvalue weighted by Gasteiger charge is -2.31. The Balaban J connectivity index is 1.30. The third-order valence-electron chi connectivity index (χ3n) is 5.69. The average molecular weight is 419 g/mol. The number of H-pyrrole nitrogens is 1. The van der Waals surface area contributed by atoms with Crippen LogP contribution in [0.1, 0.15) is 55.4 Å². The summed E-state index contributed by atoms with van der Waals surface area (Å²) in [6.45, 7) is 1.82. The van der Waals surface area contributed by atoms with Crippen molar-refractivity contribution in [2.45, 2.75) is 50.9 Å². The van der Waals surface area contributed by atoms with Crippen LogP contribution in [-0.2, 0) is 0 Å². The van der Waals surface area contributed by atoms with Gasteiger partial charge in [-0.15, -0.1) is 0 Å². The van der Waals surface area contributed by atoms with E-state index in [1.54, 1.807) is 0 Å². The van der Waals surface area contributed by atoms with Gasteiger partial charge in [-0.05, 0) is 37.5 Å². The molecule has 0 saturated heterocycles. The zero-order valence-corrected chi connectivity index (χ0v) is 17.4. The molecular formula is C23H25N5O3. The van der Waals surface area contributed by atoms with E-state index in [-0.39, 0.29) is 6.03 Å². The van der Waals surface area contributed by atoms with Crippen LogP contribution >= 0.6 is 0 Å². The molecule has 1 fully saturated rings. The first-order valence-corrected chi connectivity index (χ1v) is 10.6. The number of aryl methyl sites for hydroxylation is 1. The molecule has 0 bridgehead atoms. The van der Waals surface area contributed by atoms with E-state index in [0.29, 0.717) is 23.1 Å².